The van der Waals surface area contributed by atoms with Crippen molar-refractivity contribution in [2.24, 2.45) is 0 Å². The molecule has 0 aliphatic carbocycles. The van der Waals surface area contributed by atoms with Crippen LogP contribution in [0.2, 0.25) is 0 Å². The summed E-state index contributed by atoms with van der Waals surface area (Å²) >= 11 is 1.21. The van der Waals surface area contributed by atoms with Crippen LogP contribution in [-0.4, -0.2) is 12.0 Å². The maximum absolute atomic E-state index is 13.0. The molecule has 0 aromatic heterocycles. The van der Waals surface area contributed by atoms with Crippen LogP contribution in [0.15, 0.2) is 52.3 Å². The van der Waals surface area contributed by atoms with E-state index in [1.54, 1.807) is 31.4 Å². The van der Waals surface area contributed by atoms with E-state index in [-0.39, 0.29) is 5.69 Å². The number of methoxy groups -OCH3 is 1. The lowest BCUT2D eigenvalue weighted by molar-refractivity contribution is -0.387. The first-order valence-electron chi connectivity index (χ1n) is 5.36. The summed E-state index contributed by atoms with van der Waals surface area (Å²) in [5, 5.41) is 10.9. The molecule has 0 unspecified atom stereocenters. The summed E-state index contributed by atoms with van der Waals surface area (Å²) in [4.78, 5) is 11.5. The van der Waals surface area contributed by atoms with Crippen molar-refractivity contribution in [3.8, 4) is 5.75 Å². The molecule has 6 heteroatoms. The Morgan fingerprint density at radius 3 is 2.47 bits per heavy atom. The minimum Gasteiger partial charge on any atom is -0.497 e. The topological polar surface area (TPSA) is 52.4 Å². The minimum atomic E-state index is -0.620. The van der Waals surface area contributed by atoms with Gasteiger partial charge in [-0.25, -0.2) is 4.39 Å². The molecule has 0 N–H and O–H groups in total. The lowest BCUT2D eigenvalue weighted by atomic mass is 10.3. The zero-order valence-electron chi connectivity index (χ0n) is 10.00. The molecule has 98 valence electrons. The average Bonchev–Trinajstić information content (AvgIpc) is 2.41. The molecule has 0 heterocycles. The van der Waals surface area contributed by atoms with Gasteiger partial charge in [0.25, 0.3) is 5.69 Å². The van der Waals surface area contributed by atoms with Crippen LogP contribution in [-0.2, 0) is 0 Å². The van der Waals surface area contributed by atoms with E-state index in [0.717, 1.165) is 11.0 Å². The Kier molecular flexibility index (Phi) is 4.01. The van der Waals surface area contributed by atoms with Crippen LogP contribution < -0.4 is 4.74 Å². The predicted molar refractivity (Wildman–Crippen MR) is 70.2 cm³/mol. The second-order valence-electron chi connectivity index (χ2n) is 3.65. The van der Waals surface area contributed by atoms with Crippen LogP contribution in [0, 0.1) is 15.9 Å². The van der Waals surface area contributed by atoms with Crippen molar-refractivity contribution in [3.05, 3.63) is 58.4 Å². The molecule has 0 atom stereocenters. The quantitative estimate of drug-likeness (QED) is 0.629. The molecule has 0 bridgehead atoms. The zero-order chi connectivity index (χ0) is 13.8. The largest absolute Gasteiger partial charge is 0.497 e. The van der Waals surface area contributed by atoms with Crippen molar-refractivity contribution in [2.45, 2.75) is 9.79 Å². The number of benzene rings is 2. The summed E-state index contributed by atoms with van der Waals surface area (Å²) in [7, 11) is 1.56. The normalized spacial score (nSPS) is 10.2. The Labute approximate surface area is 113 Å². The molecule has 0 radical (unpaired) electrons. The predicted octanol–water partition coefficient (Wildman–Crippen LogP) is 3.89. The van der Waals surface area contributed by atoms with Gasteiger partial charge in [-0.2, -0.15) is 0 Å². The van der Waals surface area contributed by atoms with E-state index < -0.39 is 10.7 Å². The third kappa shape index (κ3) is 3.23. The van der Waals surface area contributed by atoms with Crippen molar-refractivity contribution >= 4 is 17.4 Å². The monoisotopic (exact) mass is 279 g/mol. The zero-order valence-corrected chi connectivity index (χ0v) is 10.8. The van der Waals surface area contributed by atoms with E-state index in [1.807, 2.05) is 0 Å². The van der Waals surface area contributed by atoms with Crippen LogP contribution in [0.25, 0.3) is 0 Å². The second kappa shape index (κ2) is 5.71. The van der Waals surface area contributed by atoms with E-state index in [1.165, 1.54) is 23.9 Å². The highest BCUT2D eigenvalue weighted by Gasteiger charge is 2.15. The lowest BCUT2D eigenvalue weighted by Crippen LogP contribution is -1.92. The number of rotatable bonds is 4. The smallest absolute Gasteiger partial charge is 0.286 e. The molecule has 0 fully saturated rings. The number of nitro benzene ring substituents is 1. The van der Waals surface area contributed by atoms with Gasteiger partial charge in [0.2, 0.25) is 0 Å². The van der Waals surface area contributed by atoms with Crippen molar-refractivity contribution in [3.63, 3.8) is 0 Å². The summed E-state index contributed by atoms with van der Waals surface area (Å²) in [6.07, 6.45) is 0. The third-order valence-electron chi connectivity index (χ3n) is 2.40. The van der Waals surface area contributed by atoms with E-state index in [2.05, 4.69) is 0 Å². The van der Waals surface area contributed by atoms with Crippen molar-refractivity contribution < 1.29 is 14.1 Å². The molecule has 4 nitrogen and oxygen atoms in total. The molecule has 0 saturated heterocycles. The third-order valence-corrected chi connectivity index (χ3v) is 3.48. The first-order valence-corrected chi connectivity index (χ1v) is 6.17. The van der Waals surface area contributed by atoms with E-state index >= 15 is 0 Å². The SMILES string of the molecule is COc1ccc(Sc2ccc(F)cc2[N+](=O)[O-])cc1. The number of nitrogens with zero attached hydrogens (tertiary/aromatic N) is 1. The Hall–Kier alpha value is -2.08. The van der Waals surface area contributed by atoms with Gasteiger partial charge in [0.05, 0.1) is 23.0 Å². The van der Waals surface area contributed by atoms with Crippen LogP contribution in [0.4, 0.5) is 10.1 Å². The highest BCUT2D eigenvalue weighted by molar-refractivity contribution is 7.99. The first kappa shape index (κ1) is 13.4. The number of nitro groups is 1. The van der Waals surface area contributed by atoms with Gasteiger partial charge in [0.15, 0.2) is 0 Å². The molecular formula is C13H10FNO3S. The van der Waals surface area contributed by atoms with Gasteiger partial charge >= 0.3 is 0 Å². The Morgan fingerprint density at radius 1 is 1.21 bits per heavy atom. The van der Waals surface area contributed by atoms with Crippen LogP contribution in [0.1, 0.15) is 0 Å². The lowest BCUT2D eigenvalue weighted by Gasteiger charge is -2.04. The van der Waals surface area contributed by atoms with E-state index in [4.69, 9.17) is 4.74 Å². The number of hydrogen-bond acceptors (Lipinski definition) is 4. The highest BCUT2D eigenvalue weighted by Crippen LogP contribution is 2.35. The second-order valence-corrected chi connectivity index (χ2v) is 4.76. The summed E-state index contributed by atoms with van der Waals surface area (Å²) < 4.78 is 18.0. The summed E-state index contributed by atoms with van der Waals surface area (Å²) in [6, 6.07) is 10.6. The molecule has 0 spiro atoms. The molecule has 19 heavy (non-hydrogen) atoms. The minimum absolute atomic E-state index is 0.235. The molecule has 0 amide bonds. The van der Waals surface area contributed by atoms with Gasteiger partial charge in [-0.05, 0) is 36.4 Å². The maximum atomic E-state index is 13.0. The first-order chi connectivity index (χ1) is 9.10. The van der Waals surface area contributed by atoms with E-state index in [9.17, 15) is 14.5 Å². The fourth-order valence-corrected chi connectivity index (χ4v) is 2.39. The average molecular weight is 279 g/mol. The van der Waals surface area contributed by atoms with E-state index in [0.29, 0.717) is 10.6 Å². The molecule has 2 aromatic carbocycles. The van der Waals surface area contributed by atoms with Gasteiger partial charge in [-0.3, -0.25) is 10.1 Å². The Balaban J connectivity index is 2.29. The Bertz CT molecular complexity index is 601. The van der Waals surface area contributed by atoms with Crippen molar-refractivity contribution in [2.75, 3.05) is 7.11 Å². The summed E-state index contributed by atoms with van der Waals surface area (Å²) in [5.41, 5.74) is -0.235. The van der Waals surface area contributed by atoms with Gasteiger partial charge < -0.3 is 4.74 Å². The standard InChI is InChI=1S/C13H10FNO3S/c1-18-10-3-5-11(6-4-10)19-13-7-2-9(14)8-12(13)15(16)17/h2-8H,1H3. The fourth-order valence-electron chi connectivity index (χ4n) is 1.49. The van der Waals surface area contributed by atoms with Gasteiger partial charge in [0, 0.05) is 4.90 Å². The van der Waals surface area contributed by atoms with Gasteiger partial charge in [-0.1, -0.05) is 11.8 Å². The highest BCUT2D eigenvalue weighted by atomic mass is 32.2. The van der Waals surface area contributed by atoms with Gasteiger partial charge in [-0.15, -0.1) is 0 Å². The molecular weight excluding hydrogens is 269 g/mol. The fraction of sp³-hybridized carbons (Fsp3) is 0.0769. The molecule has 0 saturated carbocycles. The summed E-state index contributed by atoms with van der Waals surface area (Å²) in [5.74, 6) is 0.0868. The van der Waals surface area contributed by atoms with Crippen molar-refractivity contribution in [1.29, 1.82) is 0 Å². The number of ether oxygens (including phenoxy) is 1. The molecule has 0 aliphatic rings. The van der Waals surface area contributed by atoms with Crippen molar-refractivity contribution in [1.82, 2.24) is 0 Å². The maximum Gasteiger partial charge on any atom is 0.286 e. The molecule has 2 rings (SSSR count). The molecule has 2 aromatic rings. The number of halogens is 1. The summed E-state index contributed by atoms with van der Waals surface area (Å²) in [6.45, 7) is 0. The van der Waals surface area contributed by atoms with Gasteiger partial charge in [0.1, 0.15) is 11.6 Å². The number of hydrogen-bond donors (Lipinski definition) is 0. The van der Waals surface area contributed by atoms with Crippen LogP contribution in [0.3, 0.4) is 0 Å². The van der Waals surface area contributed by atoms with Crippen LogP contribution >= 0.6 is 11.8 Å². The van der Waals surface area contributed by atoms with Crippen LogP contribution in [0.5, 0.6) is 5.75 Å². The molecule has 0 aliphatic heterocycles. The Morgan fingerprint density at radius 2 is 1.89 bits per heavy atom.